The molecular weight excluding hydrogens is 226 g/mol. The Labute approximate surface area is 101 Å². The standard InChI is InChI=1S/C10H17N3O2S/c1-3-15-9(14)8-7-6-12(2)10(16)13(7)5-4-11-8/h7-8,11H,3-6H2,1-2H3/t7-,8+/m0/s1. The summed E-state index contributed by atoms with van der Waals surface area (Å²) in [6.45, 7) is 4.67. The fourth-order valence-electron chi connectivity index (χ4n) is 2.31. The first-order chi connectivity index (χ1) is 7.65. The molecule has 5 nitrogen and oxygen atoms in total. The van der Waals surface area contributed by atoms with Crippen LogP contribution in [0.2, 0.25) is 0 Å². The fourth-order valence-corrected chi connectivity index (χ4v) is 2.62. The maximum absolute atomic E-state index is 11.8. The molecule has 6 heteroatoms. The molecule has 0 saturated carbocycles. The molecule has 0 radical (unpaired) electrons. The third kappa shape index (κ3) is 1.87. The quantitative estimate of drug-likeness (QED) is 0.517. The smallest absolute Gasteiger partial charge is 0.325 e. The average molecular weight is 243 g/mol. The van der Waals surface area contributed by atoms with Crippen molar-refractivity contribution in [3.8, 4) is 0 Å². The second-order valence-electron chi connectivity index (χ2n) is 4.11. The minimum atomic E-state index is -0.253. The molecule has 2 rings (SSSR count). The molecule has 0 spiro atoms. The van der Waals surface area contributed by atoms with Crippen LogP contribution < -0.4 is 5.32 Å². The van der Waals surface area contributed by atoms with Gasteiger partial charge in [0, 0.05) is 26.7 Å². The zero-order valence-corrected chi connectivity index (χ0v) is 10.4. The first-order valence-electron chi connectivity index (χ1n) is 5.57. The van der Waals surface area contributed by atoms with Crippen molar-refractivity contribution in [2.45, 2.75) is 19.0 Å². The number of carbonyl (C=O) groups is 1. The van der Waals surface area contributed by atoms with Gasteiger partial charge in [0.25, 0.3) is 0 Å². The normalized spacial score (nSPS) is 29.2. The summed E-state index contributed by atoms with van der Waals surface area (Å²) in [5.74, 6) is -0.171. The van der Waals surface area contributed by atoms with E-state index in [1.165, 1.54) is 0 Å². The number of hydrogen-bond donors (Lipinski definition) is 1. The number of piperazine rings is 1. The van der Waals surface area contributed by atoms with Crippen molar-refractivity contribution in [2.75, 3.05) is 33.3 Å². The van der Waals surface area contributed by atoms with Crippen molar-refractivity contribution in [3.05, 3.63) is 0 Å². The van der Waals surface area contributed by atoms with Gasteiger partial charge in [0.15, 0.2) is 5.11 Å². The number of ether oxygens (including phenoxy) is 1. The monoisotopic (exact) mass is 243 g/mol. The highest BCUT2D eigenvalue weighted by Crippen LogP contribution is 2.20. The summed E-state index contributed by atoms with van der Waals surface area (Å²) < 4.78 is 5.07. The zero-order chi connectivity index (χ0) is 11.7. The number of nitrogens with one attached hydrogen (secondary N) is 1. The van der Waals surface area contributed by atoms with Gasteiger partial charge in [0.2, 0.25) is 0 Å². The van der Waals surface area contributed by atoms with Crippen molar-refractivity contribution in [3.63, 3.8) is 0 Å². The van der Waals surface area contributed by atoms with Crippen LogP contribution in [0, 0.1) is 0 Å². The van der Waals surface area contributed by atoms with Gasteiger partial charge in [-0.2, -0.15) is 0 Å². The number of rotatable bonds is 2. The number of nitrogens with zero attached hydrogens (tertiary/aromatic N) is 2. The molecular formula is C10H17N3O2S. The predicted octanol–water partition coefficient (Wildman–Crippen LogP) is -0.578. The number of thiocarbonyl (C=S) groups is 1. The molecule has 2 heterocycles. The van der Waals surface area contributed by atoms with Gasteiger partial charge in [-0.05, 0) is 19.1 Å². The van der Waals surface area contributed by atoms with E-state index in [2.05, 4.69) is 10.2 Å². The zero-order valence-electron chi connectivity index (χ0n) is 9.60. The summed E-state index contributed by atoms with van der Waals surface area (Å²) in [7, 11) is 1.96. The van der Waals surface area contributed by atoms with Gasteiger partial charge >= 0.3 is 5.97 Å². The van der Waals surface area contributed by atoms with Crippen LogP contribution in [0.25, 0.3) is 0 Å². The first-order valence-corrected chi connectivity index (χ1v) is 5.97. The lowest BCUT2D eigenvalue weighted by Crippen LogP contribution is -2.60. The van der Waals surface area contributed by atoms with Crippen molar-refractivity contribution in [2.24, 2.45) is 0 Å². The Morgan fingerprint density at radius 2 is 2.44 bits per heavy atom. The molecule has 0 aromatic carbocycles. The maximum Gasteiger partial charge on any atom is 0.325 e. The summed E-state index contributed by atoms with van der Waals surface area (Å²) in [6, 6.07) is -0.137. The van der Waals surface area contributed by atoms with Gasteiger partial charge in [-0.3, -0.25) is 4.79 Å². The predicted molar refractivity (Wildman–Crippen MR) is 64.1 cm³/mol. The molecule has 0 unspecified atom stereocenters. The number of esters is 1. The van der Waals surface area contributed by atoms with Gasteiger partial charge in [-0.25, -0.2) is 0 Å². The number of likely N-dealkylation sites (N-methyl/N-ethyl adjacent to an activating group) is 1. The first kappa shape index (κ1) is 11.6. The Balaban J connectivity index is 2.10. The Hall–Kier alpha value is -0.880. The van der Waals surface area contributed by atoms with Crippen LogP contribution in [0.3, 0.4) is 0 Å². The summed E-state index contributed by atoms with van der Waals surface area (Å²) in [5, 5.41) is 4.05. The van der Waals surface area contributed by atoms with Gasteiger partial charge in [-0.15, -0.1) is 0 Å². The highest BCUT2D eigenvalue weighted by molar-refractivity contribution is 7.80. The summed E-state index contributed by atoms with van der Waals surface area (Å²) in [5.41, 5.74) is 0. The molecule has 2 aliphatic rings. The SMILES string of the molecule is CCOC(=O)[C@@H]1NCCN2C(=S)N(C)C[C@@H]12. The van der Waals surface area contributed by atoms with E-state index in [-0.39, 0.29) is 18.1 Å². The van der Waals surface area contributed by atoms with Crippen LogP contribution in [0.4, 0.5) is 0 Å². The molecule has 2 atom stereocenters. The van der Waals surface area contributed by atoms with Crippen LogP contribution >= 0.6 is 12.2 Å². The minimum Gasteiger partial charge on any atom is -0.465 e. The van der Waals surface area contributed by atoms with Gasteiger partial charge < -0.3 is 19.9 Å². The van der Waals surface area contributed by atoms with E-state index < -0.39 is 0 Å². The number of hydrogen-bond acceptors (Lipinski definition) is 4. The third-order valence-corrected chi connectivity index (χ3v) is 3.62. The fraction of sp³-hybridized carbons (Fsp3) is 0.800. The maximum atomic E-state index is 11.8. The molecule has 0 aromatic rings. The molecule has 2 aliphatic heterocycles. The average Bonchev–Trinajstić information content (AvgIpc) is 2.55. The molecule has 2 saturated heterocycles. The molecule has 0 aliphatic carbocycles. The Bertz CT molecular complexity index is 310. The molecule has 0 aromatic heterocycles. The highest BCUT2D eigenvalue weighted by atomic mass is 32.1. The van der Waals surface area contributed by atoms with Crippen molar-refractivity contribution in [1.82, 2.24) is 15.1 Å². The molecule has 2 fully saturated rings. The van der Waals surface area contributed by atoms with Crippen LogP contribution in [0.1, 0.15) is 6.92 Å². The number of fused-ring (bicyclic) bond motifs is 1. The minimum absolute atomic E-state index is 0.116. The van der Waals surface area contributed by atoms with Gasteiger partial charge in [0.05, 0.1) is 12.6 Å². The van der Waals surface area contributed by atoms with E-state index in [4.69, 9.17) is 17.0 Å². The molecule has 90 valence electrons. The van der Waals surface area contributed by atoms with E-state index in [1.807, 2.05) is 18.9 Å². The Kier molecular flexibility index (Phi) is 3.30. The van der Waals surface area contributed by atoms with Crippen LogP contribution in [0.15, 0.2) is 0 Å². The molecule has 0 bridgehead atoms. The van der Waals surface area contributed by atoms with Gasteiger partial charge in [-0.1, -0.05) is 0 Å². The van der Waals surface area contributed by atoms with E-state index in [0.29, 0.717) is 6.61 Å². The van der Waals surface area contributed by atoms with Crippen LogP contribution in [-0.2, 0) is 9.53 Å². The van der Waals surface area contributed by atoms with Gasteiger partial charge in [0.1, 0.15) is 6.04 Å². The van der Waals surface area contributed by atoms with Crippen LogP contribution in [0.5, 0.6) is 0 Å². The van der Waals surface area contributed by atoms with Crippen molar-refractivity contribution >= 4 is 23.3 Å². The summed E-state index contributed by atoms with van der Waals surface area (Å²) in [4.78, 5) is 15.9. The Morgan fingerprint density at radius 3 is 3.12 bits per heavy atom. The lowest BCUT2D eigenvalue weighted by molar-refractivity contribution is -0.147. The van der Waals surface area contributed by atoms with Crippen molar-refractivity contribution in [1.29, 1.82) is 0 Å². The highest BCUT2D eigenvalue weighted by Gasteiger charge is 2.43. The van der Waals surface area contributed by atoms with E-state index in [1.54, 1.807) is 0 Å². The third-order valence-electron chi connectivity index (χ3n) is 3.08. The number of carbonyl (C=O) groups excluding carboxylic acids is 1. The van der Waals surface area contributed by atoms with E-state index in [9.17, 15) is 4.79 Å². The largest absolute Gasteiger partial charge is 0.465 e. The molecule has 1 N–H and O–H groups in total. The van der Waals surface area contributed by atoms with E-state index in [0.717, 1.165) is 24.7 Å². The van der Waals surface area contributed by atoms with Crippen molar-refractivity contribution < 1.29 is 9.53 Å². The summed E-state index contributed by atoms with van der Waals surface area (Å²) in [6.07, 6.45) is 0. The molecule has 0 amide bonds. The lowest BCUT2D eigenvalue weighted by Gasteiger charge is -2.35. The van der Waals surface area contributed by atoms with E-state index >= 15 is 0 Å². The second-order valence-corrected chi connectivity index (χ2v) is 4.47. The summed E-state index contributed by atoms with van der Waals surface area (Å²) >= 11 is 5.32. The van der Waals surface area contributed by atoms with Crippen LogP contribution in [-0.4, -0.2) is 66.3 Å². The molecule has 16 heavy (non-hydrogen) atoms. The Morgan fingerprint density at radius 1 is 1.69 bits per heavy atom. The lowest BCUT2D eigenvalue weighted by atomic mass is 10.1. The topological polar surface area (TPSA) is 44.8 Å². The second kappa shape index (κ2) is 4.55.